The van der Waals surface area contributed by atoms with Crippen molar-refractivity contribution in [3.05, 3.63) is 33.3 Å². The van der Waals surface area contributed by atoms with Gasteiger partial charge in [-0.2, -0.15) is 0 Å². The fourth-order valence-electron chi connectivity index (χ4n) is 1.25. The number of aliphatic hydroxyl groups is 1. The van der Waals surface area contributed by atoms with Crippen molar-refractivity contribution in [2.24, 2.45) is 0 Å². The van der Waals surface area contributed by atoms with Crippen LogP contribution in [-0.2, 0) is 6.54 Å². The first-order valence-corrected chi connectivity index (χ1v) is 6.30. The van der Waals surface area contributed by atoms with Gasteiger partial charge in [0, 0.05) is 21.6 Å². The van der Waals surface area contributed by atoms with E-state index in [1.807, 2.05) is 39.1 Å². The zero-order chi connectivity index (χ0) is 12.3. The molecule has 0 unspecified atom stereocenters. The van der Waals surface area contributed by atoms with Crippen LogP contribution in [0.4, 0.5) is 0 Å². The molecule has 0 radical (unpaired) electrons. The lowest BCUT2D eigenvalue weighted by atomic mass is 10.0. The Morgan fingerprint density at radius 1 is 1.44 bits per heavy atom. The van der Waals surface area contributed by atoms with E-state index in [9.17, 15) is 5.11 Å². The Hall–Kier alpha value is -0.0900. The number of nitrogens with zero attached hydrogens (tertiary/aromatic N) is 1. The van der Waals surface area contributed by atoms with Crippen LogP contribution in [0.5, 0.6) is 0 Å². The van der Waals surface area contributed by atoms with Crippen molar-refractivity contribution in [1.82, 2.24) is 4.90 Å². The molecule has 0 saturated carbocycles. The first-order valence-electron chi connectivity index (χ1n) is 5.13. The van der Waals surface area contributed by atoms with E-state index in [0.29, 0.717) is 0 Å². The highest BCUT2D eigenvalue weighted by Crippen LogP contribution is 2.24. The third-order valence-electron chi connectivity index (χ3n) is 2.84. The van der Waals surface area contributed by atoms with Crippen molar-refractivity contribution in [2.45, 2.75) is 25.9 Å². The third-order valence-corrected chi connectivity index (χ3v) is 3.84. The number of halogens is 2. The molecule has 0 spiro atoms. The molecule has 90 valence electrons. The van der Waals surface area contributed by atoms with Crippen molar-refractivity contribution < 1.29 is 5.11 Å². The van der Waals surface area contributed by atoms with E-state index in [0.717, 1.165) is 21.6 Å². The Bertz CT molecular complexity index is 368. The number of hydrogen-bond acceptors (Lipinski definition) is 2. The molecule has 0 saturated heterocycles. The Labute approximate surface area is 110 Å². The molecule has 1 aromatic rings. The molecule has 1 aromatic carbocycles. The SMILES string of the molecule is CN(Cc1cc(Cl)ccc1Br)C(C)(C)CO. The average molecular weight is 307 g/mol. The minimum absolute atomic E-state index is 0.127. The molecule has 4 heteroatoms. The molecule has 0 aliphatic rings. The predicted octanol–water partition coefficient (Wildman–Crippen LogP) is 3.31. The highest BCUT2D eigenvalue weighted by molar-refractivity contribution is 9.10. The number of aliphatic hydroxyl groups excluding tert-OH is 1. The van der Waals surface area contributed by atoms with Crippen LogP contribution in [0.25, 0.3) is 0 Å². The summed E-state index contributed by atoms with van der Waals surface area (Å²) in [5, 5.41) is 10.0. The highest BCUT2D eigenvalue weighted by atomic mass is 79.9. The first-order chi connectivity index (χ1) is 7.36. The van der Waals surface area contributed by atoms with E-state index >= 15 is 0 Å². The second kappa shape index (κ2) is 5.50. The van der Waals surface area contributed by atoms with Crippen LogP contribution < -0.4 is 0 Å². The molecule has 0 amide bonds. The third kappa shape index (κ3) is 3.45. The molecule has 0 aromatic heterocycles. The lowest BCUT2D eigenvalue weighted by Gasteiger charge is -2.34. The fourth-order valence-corrected chi connectivity index (χ4v) is 1.82. The Morgan fingerprint density at radius 2 is 2.06 bits per heavy atom. The second-order valence-electron chi connectivity index (χ2n) is 4.56. The highest BCUT2D eigenvalue weighted by Gasteiger charge is 2.22. The summed E-state index contributed by atoms with van der Waals surface area (Å²) >= 11 is 9.46. The van der Waals surface area contributed by atoms with Gasteiger partial charge in [-0.25, -0.2) is 0 Å². The van der Waals surface area contributed by atoms with Gasteiger partial charge in [0.1, 0.15) is 0 Å². The molecule has 0 fully saturated rings. The standard InChI is InChI=1S/C12H17BrClNO/c1-12(2,8-16)15(3)7-9-6-10(14)4-5-11(9)13/h4-6,16H,7-8H2,1-3H3. The molecular weight excluding hydrogens is 289 g/mol. The van der Waals surface area contributed by atoms with Gasteiger partial charge < -0.3 is 5.11 Å². The van der Waals surface area contributed by atoms with Gasteiger partial charge in [-0.1, -0.05) is 27.5 Å². The maximum absolute atomic E-state index is 9.29. The lowest BCUT2D eigenvalue weighted by molar-refractivity contribution is 0.0732. The zero-order valence-corrected chi connectivity index (χ0v) is 12.1. The fraction of sp³-hybridized carbons (Fsp3) is 0.500. The van der Waals surface area contributed by atoms with Crippen LogP contribution in [0.2, 0.25) is 5.02 Å². The molecule has 0 atom stereocenters. The molecule has 16 heavy (non-hydrogen) atoms. The minimum Gasteiger partial charge on any atom is -0.394 e. The van der Waals surface area contributed by atoms with Crippen molar-refractivity contribution in [2.75, 3.05) is 13.7 Å². The summed E-state index contributed by atoms with van der Waals surface area (Å²) in [5.74, 6) is 0. The van der Waals surface area contributed by atoms with Crippen LogP contribution in [0.1, 0.15) is 19.4 Å². The van der Waals surface area contributed by atoms with E-state index in [2.05, 4.69) is 20.8 Å². The summed E-state index contributed by atoms with van der Waals surface area (Å²) in [6, 6.07) is 5.74. The summed E-state index contributed by atoms with van der Waals surface area (Å²) in [5.41, 5.74) is 0.887. The number of likely N-dealkylation sites (N-methyl/N-ethyl adjacent to an activating group) is 1. The summed E-state index contributed by atoms with van der Waals surface area (Å²) < 4.78 is 1.04. The van der Waals surface area contributed by atoms with E-state index in [4.69, 9.17) is 11.6 Å². The van der Waals surface area contributed by atoms with Gasteiger partial charge in [0.05, 0.1) is 6.61 Å². The van der Waals surface area contributed by atoms with Gasteiger partial charge in [0.2, 0.25) is 0 Å². The molecule has 2 nitrogen and oxygen atoms in total. The molecule has 0 heterocycles. The number of rotatable bonds is 4. The van der Waals surface area contributed by atoms with Crippen molar-refractivity contribution in [3.8, 4) is 0 Å². The quantitative estimate of drug-likeness (QED) is 0.922. The normalized spacial score (nSPS) is 12.2. The van der Waals surface area contributed by atoms with Crippen LogP contribution in [-0.4, -0.2) is 29.2 Å². The van der Waals surface area contributed by atoms with E-state index < -0.39 is 0 Å². The van der Waals surface area contributed by atoms with Gasteiger partial charge in [-0.05, 0) is 44.7 Å². The topological polar surface area (TPSA) is 23.5 Å². The van der Waals surface area contributed by atoms with Crippen molar-refractivity contribution >= 4 is 27.5 Å². The average Bonchev–Trinajstić information content (AvgIpc) is 2.23. The van der Waals surface area contributed by atoms with Crippen LogP contribution in [0.3, 0.4) is 0 Å². The Kier molecular flexibility index (Phi) is 4.80. The molecule has 0 bridgehead atoms. The van der Waals surface area contributed by atoms with E-state index in [-0.39, 0.29) is 12.1 Å². The van der Waals surface area contributed by atoms with Crippen molar-refractivity contribution in [1.29, 1.82) is 0 Å². The van der Waals surface area contributed by atoms with Gasteiger partial charge in [-0.15, -0.1) is 0 Å². The second-order valence-corrected chi connectivity index (χ2v) is 5.85. The van der Waals surface area contributed by atoms with Gasteiger partial charge in [0.15, 0.2) is 0 Å². The molecule has 0 aliphatic carbocycles. The van der Waals surface area contributed by atoms with Gasteiger partial charge in [-0.3, -0.25) is 4.90 Å². The molecule has 1 N–H and O–H groups in total. The van der Waals surface area contributed by atoms with E-state index in [1.54, 1.807) is 0 Å². The first kappa shape index (κ1) is 14.0. The van der Waals surface area contributed by atoms with E-state index in [1.165, 1.54) is 0 Å². The van der Waals surface area contributed by atoms with Crippen LogP contribution in [0.15, 0.2) is 22.7 Å². The summed E-state index contributed by atoms with van der Waals surface area (Å²) in [6.07, 6.45) is 0. The maximum atomic E-state index is 9.29. The summed E-state index contributed by atoms with van der Waals surface area (Å²) in [7, 11) is 1.99. The van der Waals surface area contributed by atoms with Gasteiger partial charge in [0.25, 0.3) is 0 Å². The monoisotopic (exact) mass is 305 g/mol. The van der Waals surface area contributed by atoms with Gasteiger partial charge >= 0.3 is 0 Å². The lowest BCUT2D eigenvalue weighted by Crippen LogP contribution is -2.43. The largest absolute Gasteiger partial charge is 0.394 e. The molecule has 0 aliphatic heterocycles. The summed E-state index contributed by atoms with van der Waals surface area (Å²) in [6.45, 7) is 4.88. The number of benzene rings is 1. The van der Waals surface area contributed by atoms with Crippen LogP contribution in [0, 0.1) is 0 Å². The maximum Gasteiger partial charge on any atom is 0.0610 e. The smallest absolute Gasteiger partial charge is 0.0610 e. The molecule has 1 rings (SSSR count). The predicted molar refractivity (Wildman–Crippen MR) is 71.8 cm³/mol. The Morgan fingerprint density at radius 3 is 2.62 bits per heavy atom. The minimum atomic E-state index is -0.234. The number of hydrogen-bond donors (Lipinski definition) is 1. The van der Waals surface area contributed by atoms with Crippen LogP contribution >= 0.6 is 27.5 Å². The molecular formula is C12H17BrClNO. The van der Waals surface area contributed by atoms with Crippen molar-refractivity contribution in [3.63, 3.8) is 0 Å². The Balaban J connectivity index is 2.84. The summed E-state index contributed by atoms with van der Waals surface area (Å²) in [4.78, 5) is 2.10. The zero-order valence-electron chi connectivity index (χ0n) is 9.80.